The predicted octanol–water partition coefficient (Wildman–Crippen LogP) is 3.42. The van der Waals surface area contributed by atoms with Gasteiger partial charge in [-0.3, -0.25) is 9.59 Å². The Balaban J connectivity index is 2.17. The zero-order chi connectivity index (χ0) is 20.9. The molecule has 0 aromatic heterocycles. The van der Waals surface area contributed by atoms with E-state index in [-0.39, 0.29) is 11.5 Å². The molecule has 0 fully saturated rings. The average molecular weight is 410 g/mol. The minimum absolute atomic E-state index is 0.0914. The first-order chi connectivity index (χ1) is 13.2. The third-order valence-corrected chi connectivity index (χ3v) is 5.50. The lowest BCUT2D eigenvalue weighted by Crippen LogP contribution is -2.30. The summed E-state index contributed by atoms with van der Waals surface area (Å²) in [4.78, 5) is 25.8. The van der Waals surface area contributed by atoms with Crippen molar-refractivity contribution in [2.45, 2.75) is 24.5 Å². The maximum atomic E-state index is 12.6. The largest absolute Gasteiger partial charge is 0.341 e. The summed E-state index contributed by atoms with van der Waals surface area (Å²) in [6.45, 7) is 4.84. The molecule has 0 atom stereocenters. The fourth-order valence-corrected chi connectivity index (χ4v) is 3.25. The molecule has 0 saturated carbocycles. The van der Waals surface area contributed by atoms with Gasteiger partial charge in [-0.2, -0.15) is 8.78 Å². The van der Waals surface area contributed by atoms with E-state index in [4.69, 9.17) is 0 Å². The van der Waals surface area contributed by atoms with Crippen LogP contribution in [-0.2, 0) is 9.84 Å². The third-order valence-electron chi connectivity index (χ3n) is 4.10. The summed E-state index contributed by atoms with van der Waals surface area (Å²) in [6, 6.07) is 10.6. The fourth-order valence-electron chi connectivity index (χ4n) is 2.53. The van der Waals surface area contributed by atoms with Gasteiger partial charge in [-0.05, 0) is 56.3 Å². The first-order valence-corrected chi connectivity index (χ1v) is 10.1. The zero-order valence-corrected chi connectivity index (χ0v) is 16.2. The van der Waals surface area contributed by atoms with E-state index in [2.05, 4.69) is 5.32 Å². The van der Waals surface area contributed by atoms with Crippen molar-refractivity contribution in [1.29, 1.82) is 0 Å². The molecule has 2 aromatic carbocycles. The van der Waals surface area contributed by atoms with Crippen molar-refractivity contribution in [3.05, 3.63) is 59.7 Å². The first kappa shape index (κ1) is 21.5. The van der Waals surface area contributed by atoms with Gasteiger partial charge < -0.3 is 10.2 Å². The number of carbonyl (C=O) groups is 2. The molecule has 0 spiro atoms. The van der Waals surface area contributed by atoms with Gasteiger partial charge >= 0.3 is 5.76 Å². The molecular weight excluding hydrogens is 390 g/mol. The smallest absolute Gasteiger partial charge is 0.339 e. The van der Waals surface area contributed by atoms with Crippen molar-refractivity contribution < 1.29 is 26.8 Å². The number of carbonyl (C=O) groups excluding carboxylic acids is 2. The van der Waals surface area contributed by atoms with Crippen LogP contribution in [0.5, 0.6) is 0 Å². The molecule has 2 rings (SSSR count). The number of rotatable bonds is 7. The summed E-state index contributed by atoms with van der Waals surface area (Å²) in [5, 5.41) is 2.60. The normalized spacial score (nSPS) is 11.3. The summed E-state index contributed by atoms with van der Waals surface area (Å²) >= 11 is 0. The second-order valence-corrected chi connectivity index (χ2v) is 7.76. The minimum atomic E-state index is -4.71. The van der Waals surface area contributed by atoms with Crippen LogP contribution in [0.15, 0.2) is 53.4 Å². The molecule has 6 nitrogen and oxygen atoms in total. The zero-order valence-electron chi connectivity index (χ0n) is 15.4. The lowest BCUT2D eigenvalue weighted by molar-refractivity contribution is 0.0772. The highest BCUT2D eigenvalue weighted by molar-refractivity contribution is 7.91. The summed E-state index contributed by atoms with van der Waals surface area (Å²) in [6.07, 6.45) is 0. The summed E-state index contributed by atoms with van der Waals surface area (Å²) < 4.78 is 48.0. The van der Waals surface area contributed by atoms with Crippen LogP contribution in [0.1, 0.15) is 34.6 Å². The van der Waals surface area contributed by atoms with Crippen LogP contribution in [0.25, 0.3) is 0 Å². The second kappa shape index (κ2) is 8.92. The molecule has 0 saturated heterocycles. The van der Waals surface area contributed by atoms with Crippen LogP contribution < -0.4 is 5.32 Å². The summed E-state index contributed by atoms with van der Waals surface area (Å²) in [7, 11) is -4.71. The van der Waals surface area contributed by atoms with E-state index >= 15 is 0 Å². The molecular formula is C19H20F2N2O4S. The number of halogens is 2. The van der Waals surface area contributed by atoms with E-state index in [0.29, 0.717) is 24.3 Å². The maximum absolute atomic E-state index is 12.6. The molecule has 0 aliphatic rings. The predicted molar refractivity (Wildman–Crippen MR) is 101 cm³/mol. The van der Waals surface area contributed by atoms with E-state index in [1.807, 2.05) is 13.8 Å². The van der Waals surface area contributed by atoms with E-state index in [9.17, 15) is 26.8 Å². The Morgan fingerprint density at radius 3 is 2.14 bits per heavy atom. The van der Waals surface area contributed by atoms with Gasteiger partial charge in [0.05, 0.1) is 4.90 Å². The van der Waals surface area contributed by atoms with Gasteiger partial charge in [0.2, 0.25) is 9.84 Å². The number of nitrogens with zero attached hydrogens (tertiary/aromatic N) is 1. The van der Waals surface area contributed by atoms with Crippen molar-refractivity contribution in [2.24, 2.45) is 0 Å². The molecule has 2 aromatic rings. The first-order valence-electron chi connectivity index (χ1n) is 8.53. The highest BCUT2D eigenvalue weighted by Crippen LogP contribution is 2.19. The van der Waals surface area contributed by atoms with Gasteiger partial charge in [0, 0.05) is 29.9 Å². The van der Waals surface area contributed by atoms with E-state index in [1.165, 1.54) is 6.07 Å². The van der Waals surface area contributed by atoms with Crippen LogP contribution in [0, 0.1) is 0 Å². The van der Waals surface area contributed by atoms with Gasteiger partial charge in [0.1, 0.15) is 0 Å². The molecule has 0 radical (unpaired) electrons. The Labute approximate surface area is 162 Å². The Bertz CT molecular complexity index is 956. The number of hydrogen-bond donors (Lipinski definition) is 1. The van der Waals surface area contributed by atoms with E-state index in [1.54, 1.807) is 23.1 Å². The highest BCUT2D eigenvalue weighted by Gasteiger charge is 2.26. The molecule has 0 unspecified atom stereocenters. The van der Waals surface area contributed by atoms with Gasteiger partial charge in [-0.15, -0.1) is 0 Å². The molecule has 0 aliphatic carbocycles. The average Bonchev–Trinajstić information content (AvgIpc) is 2.69. The van der Waals surface area contributed by atoms with Crippen molar-refractivity contribution in [3.8, 4) is 0 Å². The standard InChI is InChI=1S/C19H20F2N2O4S/c1-3-23(4-2)18(25)14-6-5-7-15(12-14)22-17(24)13-8-10-16(11-9-13)28(26,27)19(20)21/h5-12,19H,3-4H2,1-2H3,(H,22,24). The molecule has 0 heterocycles. The summed E-state index contributed by atoms with van der Waals surface area (Å²) in [5.41, 5.74) is 0.890. The molecule has 0 bridgehead atoms. The molecule has 0 aliphatic heterocycles. The van der Waals surface area contributed by atoms with Gasteiger partial charge in [-0.1, -0.05) is 6.07 Å². The number of sulfone groups is 1. The Hall–Kier alpha value is -2.81. The summed E-state index contributed by atoms with van der Waals surface area (Å²) in [5.74, 6) is -4.26. The van der Waals surface area contributed by atoms with Crippen LogP contribution in [0.2, 0.25) is 0 Å². The highest BCUT2D eigenvalue weighted by atomic mass is 32.2. The van der Waals surface area contributed by atoms with Crippen LogP contribution >= 0.6 is 0 Å². The quantitative estimate of drug-likeness (QED) is 0.758. The maximum Gasteiger partial charge on any atom is 0.341 e. The van der Waals surface area contributed by atoms with Crippen molar-refractivity contribution in [3.63, 3.8) is 0 Å². The SMILES string of the molecule is CCN(CC)C(=O)c1cccc(NC(=O)c2ccc(S(=O)(=O)C(F)F)cc2)c1. The number of anilines is 1. The Morgan fingerprint density at radius 1 is 1.00 bits per heavy atom. The van der Waals surface area contributed by atoms with Crippen molar-refractivity contribution in [2.75, 3.05) is 18.4 Å². The Morgan fingerprint density at radius 2 is 1.61 bits per heavy atom. The number of hydrogen-bond acceptors (Lipinski definition) is 4. The molecule has 9 heteroatoms. The van der Waals surface area contributed by atoms with Gasteiger partial charge in [0.25, 0.3) is 11.8 Å². The monoisotopic (exact) mass is 410 g/mol. The van der Waals surface area contributed by atoms with Crippen LogP contribution in [0.3, 0.4) is 0 Å². The second-order valence-electron chi connectivity index (χ2n) is 5.84. The fraction of sp³-hybridized carbons (Fsp3) is 0.263. The molecule has 1 N–H and O–H groups in total. The topological polar surface area (TPSA) is 83.6 Å². The number of benzene rings is 2. The van der Waals surface area contributed by atoms with Crippen molar-refractivity contribution >= 4 is 27.3 Å². The molecule has 2 amide bonds. The minimum Gasteiger partial charge on any atom is -0.339 e. The van der Waals surface area contributed by atoms with Crippen LogP contribution in [-0.4, -0.2) is 44.0 Å². The van der Waals surface area contributed by atoms with Gasteiger partial charge in [-0.25, -0.2) is 8.42 Å². The van der Waals surface area contributed by atoms with Gasteiger partial charge in [0.15, 0.2) is 0 Å². The third kappa shape index (κ3) is 4.72. The van der Waals surface area contributed by atoms with E-state index < -0.39 is 26.4 Å². The van der Waals surface area contributed by atoms with E-state index in [0.717, 1.165) is 24.3 Å². The van der Waals surface area contributed by atoms with Crippen LogP contribution in [0.4, 0.5) is 14.5 Å². The Kier molecular flexibility index (Phi) is 6.85. The lowest BCUT2D eigenvalue weighted by atomic mass is 10.1. The number of amides is 2. The number of alkyl halides is 2. The molecule has 150 valence electrons. The number of nitrogens with one attached hydrogen (secondary N) is 1. The molecule has 28 heavy (non-hydrogen) atoms. The van der Waals surface area contributed by atoms with Crippen molar-refractivity contribution in [1.82, 2.24) is 4.90 Å². The lowest BCUT2D eigenvalue weighted by Gasteiger charge is -2.19.